The fourth-order valence-corrected chi connectivity index (χ4v) is 4.59. The second-order valence-corrected chi connectivity index (χ2v) is 9.72. The van der Waals surface area contributed by atoms with Crippen LogP contribution < -0.4 is 14.4 Å². The number of nitrogens with one attached hydrogen (secondary N) is 1. The number of aryl methyl sites for hydroxylation is 2. The highest BCUT2D eigenvalue weighted by Gasteiger charge is 2.37. The molecule has 0 aliphatic carbocycles. The van der Waals surface area contributed by atoms with Crippen LogP contribution in [0.2, 0.25) is 5.02 Å². The van der Waals surface area contributed by atoms with E-state index in [1.807, 2.05) is 13.8 Å². The predicted octanol–water partition coefficient (Wildman–Crippen LogP) is 4.39. The van der Waals surface area contributed by atoms with Gasteiger partial charge in [0.2, 0.25) is 0 Å². The maximum Gasteiger partial charge on any atom is 0.339 e. The maximum atomic E-state index is 13.1. The minimum absolute atomic E-state index is 0.0390. The first kappa shape index (κ1) is 24.2. The first-order valence-corrected chi connectivity index (χ1v) is 12.1. The highest BCUT2D eigenvalue weighted by Crippen LogP contribution is 2.30. The molecule has 1 aliphatic heterocycles. The van der Waals surface area contributed by atoms with Crippen molar-refractivity contribution in [2.45, 2.75) is 18.7 Å². The van der Waals surface area contributed by atoms with E-state index in [-0.39, 0.29) is 21.2 Å². The Morgan fingerprint density at radius 3 is 2.29 bits per heavy atom. The van der Waals surface area contributed by atoms with Crippen molar-refractivity contribution < 1.29 is 27.0 Å². The van der Waals surface area contributed by atoms with Crippen LogP contribution in [-0.4, -0.2) is 26.3 Å². The Morgan fingerprint density at radius 2 is 1.63 bits per heavy atom. The molecule has 3 aromatic carbocycles. The zero-order valence-corrected chi connectivity index (χ0v) is 20.2. The van der Waals surface area contributed by atoms with Gasteiger partial charge in [-0.2, -0.15) is 8.42 Å². The summed E-state index contributed by atoms with van der Waals surface area (Å²) in [5, 5.41) is 2.11. The van der Waals surface area contributed by atoms with E-state index >= 15 is 0 Å². The molecular weight excluding hydrogens is 492 g/mol. The smallest absolute Gasteiger partial charge is 0.339 e. The number of halogens is 1. The first-order valence-electron chi connectivity index (χ1n) is 10.3. The molecule has 1 N–H and O–H groups in total. The number of imide groups is 2. The first-order chi connectivity index (χ1) is 16.6. The van der Waals surface area contributed by atoms with Gasteiger partial charge in [0.1, 0.15) is 10.5 Å². The second kappa shape index (κ2) is 9.36. The summed E-state index contributed by atoms with van der Waals surface area (Å²) >= 11 is 6.22. The monoisotopic (exact) mass is 510 g/mol. The third-order valence-corrected chi connectivity index (χ3v) is 6.89. The Kier molecular flexibility index (Phi) is 6.47. The molecule has 4 rings (SSSR count). The van der Waals surface area contributed by atoms with Crippen LogP contribution in [0.3, 0.4) is 0 Å². The van der Waals surface area contributed by atoms with Crippen LogP contribution in [0, 0.1) is 13.8 Å². The van der Waals surface area contributed by atoms with E-state index in [2.05, 4.69) is 5.32 Å². The number of nitrogens with zero attached hydrogens (tertiary/aromatic N) is 1. The third kappa shape index (κ3) is 4.96. The molecule has 3 aromatic rings. The molecule has 1 saturated heterocycles. The Labute approximate surface area is 206 Å². The van der Waals surface area contributed by atoms with Gasteiger partial charge in [0.25, 0.3) is 11.8 Å². The number of amides is 4. The second-order valence-electron chi connectivity index (χ2n) is 7.77. The summed E-state index contributed by atoms with van der Waals surface area (Å²) in [7, 11) is -4.11. The van der Waals surface area contributed by atoms with E-state index < -0.39 is 28.0 Å². The van der Waals surface area contributed by atoms with E-state index in [9.17, 15) is 22.8 Å². The molecule has 8 nitrogen and oxygen atoms in total. The van der Waals surface area contributed by atoms with E-state index in [1.165, 1.54) is 36.4 Å². The normalized spacial score (nSPS) is 15.3. The van der Waals surface area contributed by atoms with Gasteiger partial charge >= 0.3 is 16.1 Å². The van der Waals surface area contributed by atoms with Crippen LogP contribution in [0.4, 0.5) is 10.5 Å². The standard InChI is InChI=1S/C25H19ClN2O6S/c1-15-8-10-18(12-16(15)2)28-24(30)20(23(29)27-25(28)31)13-17-9-11-22(21(26)14-17)34-35(32,33)19-6-4-3-5-7-19/h3-14H,1-2H3,(H,27,29,31)/b20-13+. The van der Waals surface area contributed by atoms with Gasteiger partial charge in [0.15, 0.2) is 5.75 Å². The summed E-state index contributed by atoms with van der Waals surface area (Å²) in [5.74, 6) is -1.78. The SMILES string of the molecule is Cc1ccc(N2C(=O)NC(=O)/C(=C\c3ccc(OS(=O)(=O)c4ccccc4)c(Cl)c3)C2=O)cc1C. The molecule has 0 spiro atoms. The highest BCUT2D eigenvalue weighted by molar-refractivity contribution is 7.87. The number of carbonyl (C=O) groups excluding carboxylic acids is 3. The molecule has 10 heteroatoms. The lowest BCUT2D eigenvalue weighted by Crippen LogP contribution is -2.54. The Hall–Kier alpha value is -3.95. The van der Waals surface area contributed by atoms with Gasteiger partial charge in [-0.3, -0.25) is 14.9 Å². The molecule has 0 unspecified atom stereocenters. The number of anilines is 1. The van der Waals surface area contributed by atoms with Gasteiger partial charge in [-0.05, 0) is 73.0 Å². The molecule has 178 valence electrons. The van der Waals surface area contributed by atoms with E-state index in [0.29, 0.717) is 11.3 Å². The van der Waals surface area contributed by atoms with Gasteiger partial charge in [0, 0.05) is 0 Å². The average Bonchev–Trinajstić information content (AvgIpc) is 2.81. The van der Waals surface area contributed by atoms with Crippen molar-refractivity contribution in [2.24, 2.45) is 0 Å². The minimum Gasteiger partial charge on any atom is -0.377 e. The molecule has 35 heavy (non-hydrogen) atoms. The maximum absolute atomic E-state index is 13.1. The molecule has 1 fully saturated rings. The molecule has 0 aromatic heterocycles. The molecule has 0 saturated carbocycles. The lowest BCUT2D eigenvalue weighted by Gasteiger charge is -2.26. The summed E-state index contributed by atoms with van der Waals surface area (Å²) in [6.07, 6.45) is 1.26. The van der Waals surface area contributed by atoms with Crippen molar-refractivity contribution in [1.82, 2.24) is 5.32 Å². The summed E-state index contributed by atoms with van der Waals surface area (Å²) in [5.41, 5.74) is 2.22. The van der Waals surface area contributed by atoms with E-state index in [0.717, 1.165) is 16.0 Å². The largest absolute Gasteiger partial charge is 0.377 e. The Balaban J connectivity index is 1.63. The number of hydrogen-bond acceptors (Lipinski definition) is 6. The van der Waals surface area contributed by atoms with Crippen LogP contribution >= 0.6 is 11.6 Å². The fourth-order valence-electron chi connectivity index (χ4n) is 3.35. The quantitative estimate of drug-likeness (QED) is 0.309. The van der Waals surface area contributed by atoms with Crippen molar-refractivity contribution in [1.29, 1.82) is 0 Å². The molecule has 1 heterocycles. The summed E-state index contributed by atoms with van der Waals surface area (Å²) in [4.78, 5) is 38.8. The van der Waals surface area contributed by atoms with Crippen molar-refractivity contribution >= 4 is 51.3 Å². The fraction of sp³-hybridized carbons (Fsp3) is 0.0800. The van der Waals surface area contributed by atoms with Crippen molar-refractivity contribution in [2.75, 3.05) is 4.90 Å². The van der Waals surface area contributed by atoms with Gasteiger partial charge < -0.3 is 4.18 Å². The number of carbonyl (C=O) groups is 3. The summed E-state index contributed by atoms with van der Waals surface area (Å²) in [6.45, 7) is 3.74. The van der Waals surface area contributed by atoms with Gasteiger partial charge in [-0.15, -0.1) is 0 Å². The van der Waals surface area contributed by atoms with Crippen LogP contribution in [0.25, 0.3) is 6.08 Å². The van der Waals surface area contributed by atoms with Crippen molar-refractivity contribution in [3.8, 4) is 5.75 Å². The van der Waals surface area contributed by atoms with Gasteiger partial charge in [-0.25, -0.2) is 9.69 Å². The van der Waals surface area contributed by atoms with E-state index in [4.69, 9.17) is 15.8 Å². The number of benzene rings is 3. The number of barbiturate groups is 1. The molecule has 1 aliphatic rings. The minimum atomic E-state index is -4.11. The average molecular weight is 511 g/mol. The summed E-state index contributed by atoms with van der Waals surface area (Å²) in [6, 6.07) is 15.9. The Bertz CT molecular complexity index is 1500. The zero-order chi connectivity index (χ0) is 25.3. The van der Waals surface area contributed by atoms with Crippen molar-refractivity contribution in [3.05, 3.63) is 94.0 Å². The van der Waals surface area contributed by atoms with Crippen molar-refractivity contribution in [3.63, 3.8) is 0 Å². The molecular formula is C25H19ClN2O6S. The summed E-state index contributed by atoms with van der Waals surface area (Å²) < 4.78 is 30.1. The topological polar surface area (TPSA) is 110 Å². The number of hydrogen-bond donors (Lipinski definition) is 1. The highest BCUT2D eigenvalue weighted by atomic mass is 35.5. The third-order valence-electron chi connectivity index (χ3n) is 5.35. The molecule has 4 amide bonds. The zero-order valence-electron chi connectivity index (χ0n) is 18.6. The van der Waals surface area contributed by atoms with Crippen LogP contribution in [0.15, 0.2) is 77.2 Å². The number of urea groups is 1. The van der Waals surface area contributed by atoms with Gasteiger partial charge in [-0.1, -0.05) is 41.9 Å². The molecule has 0 radical (unpaired) electrons. The van der Waals surface area contributed by atoms with Gasteiger partial charge in [0.05, 0.1) is 10.7 Å². The molecule has 0 bridgehead atoms. The Morgan fingerprint density at radius 1 is 0.914 bits per heavy atom. The number of rotatable bonds is 5. The molecule has 0 atom stereocenters. The van der Waals surface area contributed by atoms with Crippen LogP contribution in [-0.2, 0) is 19.7 Å². The van der Waals surface area contributed by atoms with Crippen LogP contribution in [0.5, 0.6) is 5.75 Å². The van der Waals surface area contributed by atoms with E-state index in [1.54, 1.807) is 36.4 Å². The lowest BCUT2D eigenvalue weighted by molar-refractivity contribution is -0.122. The van der Waals surface area contributed by atoms with Crippen LogP contribution in [0.1, 0.15) is 16.7 Å². The lowest BCUT2D eigenvalue weighted by atomic mass is 10.1. The predicted molar refractivity (Wildman–Crippen MR) is 131 cm³/mol.